The first kappa shape index (κ1) is 17.1. The SMILES string of the molecule is CC(C)(C)OC(=O)N1CCC(=O)N1c1ccc(C(F)(F)F)cc1. The van der Waals surface area contributed by atoms with Gasteiger partial charge in [-0.05, 0) is 45.0 Å². The molecule has 0 saturated carbocycles. The van der Waals surface area contributed by atoms with E-state index >= 15 is 0 Å². The van der Waals surface area contributed by atoms with Crippen molar-refractivity contribution in [3.8, 4) is 0 Å². The van der Waals surface area contributed by atoms with Crippen LogP contribution in [-0.4, -0.2) is 29.2 Å². The lowest BCUT2D eigenvalue weighted by atomic mass is 10.2. The Morgan fingerprint density at radius 2 is 1.70 bits per heavy atom. The van der Waals surface area contributed by atoms with E-state index in [1.807, 2.05) is 0 Å². The third-order valence-corrected chi connectivity index (χ3v) is 3.06. The summed E-state index contributed by atoms with van der Waals surface area (Å²) in [5.74, 6) is -0.379. The normalized spacial score (nSPS) is 16.0. The number of carbonyl (C=O) groups excluding carboxylic acids is 2. The number of rotatable bonds is 1. The molecule has 0 bridgehead atoms. The van der Waals surface area contributed by atoms with Crippen molar-refractivity contribution in [1.82, 2.24) is 5.01 Å². The van der Waals surface area contributed by atoms with Crippen LogP contribution in [0.2, 0.25) is 0 Å². The molecule has 1 aromatic rings. The summed E-state index contributed by atoms with van der Waals surface area (Å²) in [5, 5.41) is 2.14. The Morgan fingerprint density at radius 3 is 2.17 bits per heavy atom. The van der Waals surface area contributed by atoms with Gasteiger partial charge in [-0.25, -0.2) is 14.8 Å². The molecule has 0 aliphatic carbocycles. The maximum Gasteiger partial charge on any atom is 0.429 e. The van der Waals surface area contributed by atoms with Gasteiger partial charge >= 0.3 is 12.3 Å². The van der Waals surface area contributed by atoms with Crippen molar-refractivity contribution >= 4 is 17.7 Å². The number of ether oxygens (including phenoxy) is 1. The van der Waals surface area contributed by atoms with Gasteiger partial charge in [0.15, 0.2) is 0 Å². The number of hydrogen-bond donors (Lipinski definition) is 0. The molecular formula is C15H17F3N2O3. The fourth-order valence-corrected chi connectivity index (χ4v) is 2.10. The van der Waals surface area contributed by atoms with Gasteiger partial charge in [0.05, 0.1) is 17.8 Å². The summed E-state index contributed by atoms with van der Waals surface area (Å²) < 4.78 is 43.0. The van der Waals surface area contributed by atoms with Crippen molar-refractivity contribution < 1.29 is 27.5 Å². The lowest BCUT2D eigenvalue weighted by Crippen LogP contribution is -2.45. The Kier molecular flexibility index (Phi) is 4.28. The molecule has 1 aliphatic heterocycles. The third kappa shape index (κ3) is 3.94. The standard InChI is InChI=1S/C15H17F3N2O3/c1-14(2,3)23-13(22)19-9-8-12(21)20(19)11-6-4-10(5-7-11)15(16,17)18/h4-7H,8-9H2,1-3H3. The molecule has 8 heteroatoms. The monoisotopic (exact) mass is 330 g/mol. The van der Waals surface area contributed by atoms with Crippen molar-refractivity contribution in [3.63, 3.8) is 0 Å². The Hall–Kier alpha value is -2.25. The van der Waals surface area contributed by atoms with Crippen LogP contribution in [0.4, 0.5) is 23.7 Å². The molecule has 1 saturated heterocycles. The first-order valence-corrected chi connectivity index (χ1v) is 7.00. The van der Waals surface area contributed by atoms with Crippen LogP contribution in [0.5, 0.6) is 0 Å². The van der Waals surface area contributed by atoms with E-state index in [9.17, 15) is 22.8 Å². The predicted molar refractivity (Wildman–Crippen MR) is 76.5 cm³/mol. The first-order valence-electron chi connectivity index (χ1n) is 7.00. The van der Waals surface area contributed by atoms with E-state index in [2.05, 4.69) is 0 Å². The second-order valence-corrected chi connectivity index (χ2v) is 6.10. The van der Waals surface area contributed by atoms with Gasteiger partial charge in [-0.15, -0.1) is 0 Å². The van der Waals surface area contributed by atoms with Gasteiger partial charge in [0.2, 0.25) is 5.91 Å². The van der Waals surface area contributed by atoms with E-state index in [1.54, 1.807) is 20.8 Å². The summed E-state index contributed by atoms with van der Waals surface area (Å²) in [5.41, 5.74) is -1.38. The molecule has 0 radical (unpaired) electrons. The predicted octanol–water partition coefficient (Wildman–Crippen LogP) is 3.59. The molecule has 0 atom stereocenters. The maximum atomic E-state index is 12.6. The number of hydrazine groups is 1. The van der Waals surface area contributed by atoms with Crippen molar-refractivity contribution in [2.45, 2.75) is 39.0 Å². The largest absolute Gasteiger partial charge is 0.442 e. The zero-order valence-electron chi connectivity index (χ0n) is 13.0. The molecule has 1 aliphatic rings. The molecule has 0 unspecified atom stereocenters. The van der Waals surface area contributed by atoms with Gasteiger partial charge in [-0.3, -0.25) is 4.79 Å². The number of hydrogen-bond acceptors (Lipinski definition) is 3. The molecule has 1 aromatic carbocycles. The van der Waals surface area contributed by atoms with Gasteiger partial charge in [-0.2, -0.15) is 13.2 Å². The van der Waals surface area contributed by atoms with Gasteiger partial charge < -0.3 is 4.74 Å². The highest BCUT2D eigenvalue weighted by Crippen LogP contribution is 2.32. The number of alkyl halides is 3. The minimum atomic E-state index is -4.46. The number of anilines is 1. The average Bonchev–Trinajstić information content (AvgIpc) is 2.78. The van der Waals surface area contributed by atoms with Crippen LogP contribution in [0.1, 0.15) is 32.8 Å². The fraction of sp³-hybridized carbons (Fsp3) is 0.467. The number of halogens is 3. The van der Waals surface area contributed by atoms with Crippen LogP contribution in [0.3, 0.4) is 0 Å². The van der Waals surface area contributed by atoms with Crippen LogP contribution in [0.25, 0.3) is 0 Å². The first-order chi connectivity index (χ1) is 10.5. The number of benzene rings is 1. The van der Waals surface area contributed by atoms with E-state index in [0.717, 1.165) is 34.3 Å². The zero-order valence-corrected chi connectivity index (χ0v) is 13.0. The Morgan fingerprint density at radius 1 is 1.13 bits per heavy atom. The van der Waals surface area contributed by atoms with Crippen molar-refractivity contribution in [3.05, 3.63) is 29.8 Å². The second-order valence-electron chi connectivity index (χ2n) is 6.10. The highest BCUT2D eigenvalue weighted by atomic mass is 19.4. The molecular weight excluding hydrogens is 313 g/mol. The maximum absolute atomic E-state index is 12.6. The Labute approximate surface area is 131 Å². The highest BCUT2D eigenvalue weighted by molar-refractivity contribution is 5.98. The van der Waals surface area contributed by atoms with Gasteiger partial charge in [0, 0.05) is 6.42 Å². The summed E-state index contributed by atoms with van der Waals surface area (Å²) in [6.45, 7) is 5.18. The van der Waals surface area contributed by atoms with Gasteiger partial charge in [0.25, 0.3) is 0 Å². The van der Waals surface area contributed by atoms with Crippen molar-refractivity contribution in [2.75, 3.05) is 11.6 Å². The molecule has 1 fully saturated rings. The van der Waals surface area contributed by atoms with E-state index in [0.29, 0.717) is 0 Å². The van der Waals surface area contributed by atoms with Crippen LogP contribution >= 0.6 is 0 Å². The summed E-state index contributed by atoms with van der Waals surface area (Å²) in [6.07, 6.45) is -5.10. The minimum Gasteiger partial charge on any atom is -0.442 e. The number of amides is 2. The fourth-order valence-electron chi connectivity index (χ4n) is 2.10. The topological polar surface area (TPSA) is 49.9 Å². The molecule has 1 heterocycles. The summed E-state index contributed by atoms with van der Waals surface area (Å²) in [6, 6.07) is 4.05. The molecule has 0 N–H and O–H groups in total. The number of carbonyl (C=O) groups is 2. The lowest BCUT2D eigenvalue weighted by Gasteiger charge is -2.30. The lowest BCUT2D eigenvalue weighted by molar-refractivity contribution is -0.137. The number of nitrogens with zero attached hydrogens (tertiary/aromatic N) is 2. The quantitative estimate of drug-likeness (QED) is 0.790. The van der Waals surface area contributed by atoms with Crippen molar-refractivity contribution in [1.29, 1.82) is 0 Å². The van der Waals surface area contributed by atoms with Crippen LogP contribution in [0.15, 0.2) is 24.3 Å². The summed E-state index contributed by atoms with van der Waals surface area (Å²) in [7, 11) is 0. The van der Waals surface area contributed by atoms with E-state index in [4.69, 9.17) is 4.74 Å². The minimum absolute atomic E-state index is 0.0836. The summed E-state index contributed by atoms with van der Waals surface area (Å²) in [4.78, 5) is 24.1. The molecule has 126 valence electrons. The third-order valence-electron chi connectivity index (χ3n) is 3.06. The zero-order chi connectivity index (χ0) is 17.4. The average molecular weight is 330 g/mol. The molecule has 0 spiro atoms. The summed E-state index contributed by atoms with van der Waals surface area (Å²) >= 11 is 0. The molecule has 23 heavy (non-hydrogen) atoms. The molecule has 2 amide bonds. The molecule has 0 aromatic heterocycles. The van der Waals surface area contributed by atoms with Crippen LogP contribution < -0.4 is 5.01 Å². The van der Waals surface area contributed by atoms with Crippen LogP contribution in [-0.2, 0) is 15.7 Å². The van der Waals surface area contributed by atoms with Gasteiger partial charge in [0.1, 0.15) is 5.60 Å². The van der Waals surface area contributed by atoms with Crippen LogP contribution in [0, 0.1) is 0 Å². The highest BCUT2D eigenvalue weighted by Gasteiger charge is 2.37. The van der Waals surface area contributed by atoms with Crippen molar-refractivity contribution in [2.24, 2.45) is 0 Å². The smallest absolute Gasteiger partial charge is 0.429 e. The Bertz CT molecular complexity index is 606. The van der Waals surface area contributed by atoms with E-state index < -0.39 is 23.4 Å². The van der Waals surface area contributed by atoms with E-state index in [-0.39, 0.29) is 24.6 Å². The molecule has 5 nitrogen and oxygen atoms in total. The van der Waals surface area contributed by atoms with Gasteiger partial charge in [-0.1, -0.05) is 0 Å². The molecule has 2 rings (SSSR count). The Balaban J connectivity index is 2.25. The van der Waals surface area contributed by atoms with E-state index in [1.165, 1.54) is 0 Å². The second kappa shape index (κ2) is 5.75.